The molecule has 0 aliphatic heterocycles. The number of aromatic nitrogens is 1. The molecule has 1 aromatic heterocycles. The minimum absolute atomic E-state index is 0.338. The van der Waals surface area contributed by atoms with Crippen LogP contribution in [0.2, 0.25) is 10.0 Å². The summed E-state index contributed by atoms with van der Waals surface area (Å²) in [7, 11) is 0. The van der Waals surface area contributed by atoms with E-state index in [9.17, 15) is 4.79 Å². The Morgan fingerprint density at radius 1 is 1.00 bits per heavy atom. The number of amides is 2. The van der Waals surface area contributed by atoms with Crippen molar-refractivity contribution in [2.75, 3.05) is 5.32 Å². The average Bonchev–Trinajstić information content (AvgIpc) is 2.64. The van der Waals surface area contributed by atoms with E-state index in [4.69, 9.17) is 27.9 Å². The zero-order valence-corrected chi connectivity index (χ0v) is 15.1. The molecule has 0 saturated heterocycles. The second-order valence-corrected chi connectivity index (χ2v) is 6.21. The van der Waals surface area contributed by atoms with Gasteiger partial charge in [-0.15, -0.1) is 0 Å². The second-order valence-electron chi connectivity index (χ2n) is 5.36. The number of nitrogens with zero attached hydrogens (tertiary/aromatic N) is 1. The van der Waals surface area contributed by atoms with Gasteiger partial charge in [-0.2, -0.15) is 0 Å². The van der Waals surface area contributed by atoms with Gasteiger partial charge in [-0.05, 0) is 48.0 Å². The molecular weight excluding hydrogens is 373 g/mol. The summed E-state index contributed by atoms with van der Waals surface area (Å²) in [5, 5.41) is 6.34. The van der Waals surface area contributed by atoms with Crippen molar-refractivity contribution >= 4 is 34.9 Å². The van der Waals surface area contributed by atoms with Gasteiger partial charge in [-0.25, -0.2) is 4.79 Å². The largest absolute Gasteiger partial charge is 0.457 e. The topological polar surface area (TPSA) is 63.2 Å². The Kier molecular flexibility index (Phi) is 5.94. The highest BCUT2D eigenvalue weighted by atomic mass is 35.5. The normalized spacial score (nSPS) is 10.2. The summed E-state index contributed by atoms with van der Waals surface area (Å²) < 4.78 is 5.75. The molecule has 2 aromatic carbocycles. The molecule has 0 aliphatic rings. The number of carbonyl (C=O) groups is 1. The van der Waals surface area contributed by atoms with Gasteiger partial charge in [0.05, 0.1) is 10.7 Å². The van der Waals surface area contributed by atoms with Crippen LogP contribution in [0.5, 0.6) is 11.5 Å². The van der Waals surface area contributed by atoms with Gasteiger partial charge in [-0.3, -0.25) is 4.98 Å². The first-order valence-corrected chi connectivity index (χ1v) is 8.52. The van der Waals surface area contributed by atoms with Crippen LogP contribution >= 0.6 is 23.2 Å². The molecule has 0 radical (unpaired) electrons. The van der Waals surface area contributed by atoms with Gasteiger partial charge < -0.3 is 15.4 Å². The number of benzene rings is 2. The molecule has 0 atom stereocenters. The smallest absolute Gasteiger partial charge is 0.319 e. The van der Waals surface area contributed by atoms with E-state index >= 15 is 0 Å². The molecule has 2 amide bonds. The number of hydrogen-bond donors (Lipinski definition) is 2. The highest BCUT2D eigenvalue weighted by molar-refractivity contribution is 6.36. The maximum absolute atomic E-state index is 12.0. The fourth-order valence-corrected chi connectivity index (χ4v) is 2.66. The Morgan fingerprint density at radius 2 is 1.81 bits per heavy atom. The monoisotopic (exact) mass is 387 g/mol. The number of pyridine rings is 1. The highest BCUT2D eigenvalue weighted by Crippen LogP contribution is 2.25. The summed E-state index contributed by atoms with van der Waals surface area (Å²) in [5.74, 6) is 1.37. The van der Waals surface area contributed by atoms with Gasteiger partial charge in [0.2, 0.25) is 0 Å². The Morgan fingerprint density at radius 3 is 2.58 bits per heavy atom. The highest BCUT2D eigenvalue weighted by Gasteiger charge is 2.06. The molecule has 7 heteroatoms. The summed E-state index contributed by atoms with van der Waals surface area (Å²) >= 11 is 11.9. The van der Waals surface area contributed by atoms with Crippen molar-refractivity contribution in [1.29, 1.82) is 0 Å². The predicted molar refractivity (Wildman–Crippen MR) is 103 cm³/mol. The lowest BCUT2D eigenvalue weighted by Crippen LogP contribution is -2.28. The van der Waals surface area contributed by atoms with Crippen molar-refractivity contribution in [3.8, 4) is 11.5 Å². The van der Waals surface area contributed by atoms with Gasteiger partial charge in [0.1, 0.15) is 11.5 Å². The summed E-state index contributed by atoms with van der Waals surface area (Å²) in [6, 6.07) is 15.5. The zero-order valence-electron chi connectivity index (χ0n) is 13.6. The number of urea groups is 1. The van der Waals surface area contributed by atoms with E-state index in [1.807, 2.05) is 24.3 Å². The molecule has 3 rings (SSSR count). The lowest BCUT2D eigenvalue weighted by atomic mass is 10.2. The molecule has 0 aliphatic carbocycles. The summed E-state index contributed by atoms with van der Waals surface area (Å²) in [6.45, 7) is 0.338. The van der Waals surface area contributed by atoms with Crippen LogP contribution in [0.3, 0.4) is 0 Å². The van der Waals surface area contributed by atoms with Crippen molar-refractivity contribution in [2.24, 2.45) is 0 Å². The predicted octanol–water partition coefficient (Wildman–Crippen LogP) is 5.50. The van der Waals surface area contributed by atoms with Crippen molar-refractivity contribution < 1.29 is 9.53 Å². The third-order valence-electron chi connectivity index (χ3n) is 3.42. The van der Waals surface area contributed by atoms with E-state index in [0.29, 0.717) is 33.8 Å². The van der Waals surface area contributed by atoms with Crippen LogP contribution in [0.25, 0.3) is 0 Å². The standard InChI is InChI=1S/C19H15Cl2N3O2/c20-14-4-5-18(17(21)11-14)24-19(25)23-12-13-2-1-3-16(10-13)26-15-6-8-22-9-7-15/h1-11H,12H2,(H2,23,24,25). The van der Waals surface area contributed by atoms with Crippen LogP contribution in [0, 0.1) is 0 Å². The molecule has 0 bridgehead atoms. The van der Waals surface area contributed by atoms with Crippen LogP contribution in [-0.2, 0) is 6.54 Å². The number of carbonyl (C=O) groups excluding carboxylic acids is 1. The van der Waals surface area contributed by atoms with E-state index < -0.39 is 0 Å². The maximum atomic E-state index is 12.0. The SMILES string of the molecule is O=C(NCc1cccc(Oc2ccncc2)c1)Nc1ccc(Cl)cc1Cl. The Balaban J connectivity index is 1.57. The van der Waals surface area contributed by atoms with Crippen molar-refractivity contribution in [1.82, 2.24) is 10.3 Å². The average molecular weight is 388 g/mol. The molecule has 26 heavy (non-hydrogen) atoms. The molecule has 1 heterocycles. The minimum atomic E-state index is -0.366. The molecular formula is C19H15Cl2N3O2. The van der Waals surface area contributed by atoms with E-state index in [1.54, 1.807) is 42.7 Å². The summed E-state index contributed by atoms with van der Waals surface area (Å²) in [6.07, 6.45) is 3.32. The number of ether oxygens (including phenoxy) is 1. The molecule has 0 saturated carbocycles. The van der Waals surface area contributed by atoms with Crippen molar-refractivity contribution in [3.63, 3.8) is 0 Å². The Bertz CT molecular complexity index is 904. The number of rotatable bonds is 5. The van der Waals surface area contributed by atoms with E-state index in [0.717, 1.165) is 5.56 Å². The van der Waals surface area contributed by atoms with Gasteiger partial charge in [0.25, 0.3) is 0 Å². The molecule has 0 fully saturated rings. The number of halogens is 2. The first-order chi connectivity index (χ1) is 12.6. The molecule has 0 unspecified atom stereocenters. The Labute approximate surface area is 160 Å². The van der Waals surface area contributed by atoms with Crippen molar-refractivity contribution in [2.45, 2.75) is 6.54 Å². The van der Waals surface area contributed by atoms with Gasteiger partial charge in [0.15, 0.2) is 0 Å². The fraction of sp³-hybridized carbons (Fsp3) is 0.0526. The zero-order chi connectivity index (χ0) is 18.4. The first kappa shape index (κ1) is 18.0. The van der Waals surface area contributed by atoms with E-state index in [1.165, 1.54) is 0 Å². The summed E-state index contributed by atoms with van der Waals surface area (Å²) in [5.41, 5.74) is 1.39. The molecule has 2 N–H and O–H groups in total. The maximum Gasteiger partial charge on any atom is 0.319 e. The lowest BCUT2D eigenvalue weighted by Gasteiger charge is -2.10. The van der Waals surface area contributed by atoms with Crippen LogP contribution < -0.4 is 15.4 Å². The lowest BCUT2D eigenvalue weighted by molar-refractivity contribution is 0.251. The van der Waals surface area contributed by atoms with Gasteiger partial charge in [-0.1, -0.05) is 35.3 Å². The Hall–Kier alpha value is -2.76. The van der Waals surface area contributed by atoms with Crippen LogP contribution in [0.1, 0.15) is 5.56 Å². The number of nitrogens with one attached hydrogen (secondary N) is 2. The fourth-order valence-electron chi connectivity index (χ4n) is 2.20. The number of hydrogen-bond acceptors (Lipinski definition) is 3. The van der Waals surface area contributed by atoms with Crippen LogP contribution in [0.15, 0.2) is 67.0 Å². The molecule has 5 nitrogen and oxygen atoms in total. The molecule has 3 aromatic rings. The minimum Gasteiger partial charge on any atom is -0.457 e. The van der Waals surface area contributed by atoms with Gasteiger partial charge in [0, 0.05) is 24.0 Å². The number of anilines is 1. The molecule has 0 spiro atoms. The quantitative estimate of drug-likeness (QED) is 0.607. The van der Waals surface area contributed by atoms with Crippen LogP contribution in [-0.4, -0.2) is 11.0 Å². The van der Waals surface area contributed by atoms with E-state index in [-0.39, 0.29) is 6.03 Å². The van der Waals surface area contributed by atoms with E-state index in [2.05, 4.69) is 15.6 Å². The first-order valence-electron chi connectivity index (χ1n) is 7.77. The summed E-state index contributed by atoms with van der Waals surface area (Å²) in [4.78, 5) is 16.0. The van der Waals surface area contributed by atoms with Crippen LogP contribution in [0.4, 0.5) is 10.5 Å². The van der Waals surface area contributed by atoms with Gasteiger partial charge >= 0.3 is 6.03 Å². The second kappa shape index (κ2) is 8.56. The third-order valence-corrected chi connectivity index (χ3v) is 3.96. The third kappa shape index (κ3) is 5.12. The molecule has 132 valence electrons. The van der Waals surface area contributed by atoms with Crippen molar-refractivity contribution in [3.05, 3.63) is 82.6 Å².